The van der Waals surface area contributed by atoms with Crippen LogP contribution in [0, 0.1) is 0 Å². The molecule has 0 saturated carbocycles. The molecular weight excluding hydrogens is 364 g/mol. The highest BCUT2D eigenvalue weighted by Crippen LogP contribution is 2.18. The second kappa shape index (κ2) is 19.7. The van der Waals surface area contributed by atoms with Crippen molar-refractivity contribution >= 4 is 11.9 Å². The number of carbonyl (C=O) groups is 2. The Balaban J connectivity index is 4.35. The van der Waals surface area contributed by atoms with Gasteiger partial charge in [-0.3, -0.25) is 0 Å². The summed E-state index contributed by atoms with van der Waals surface area (Å²) in [5.74, 6) is -0.485. The van der Waals surface area contributed by atoms with E-state index < -0.39 is 5.97 Å². The Labute approximate surface area is 179 Å². The minimum Gasteiger partial charge on any atom is -0.462 e. The monoisotopic (exact) mass is 408 g/mol. The molecule has 0 aromatic heterocycles. The molecule has 168 valence electrons. The fraction of sp³-hybridized carbons (Fsp3) is 0.760. The zero-order chi connectivity index (χ0) is 21.7. The number of hydrogen-bond acceptors (Lipinski definition) is 4. The van der Waals surface area contributed by atoms with Crippen LogP contribution >= 0.6 is 0 Å². The maximum Gasteiger partial charge on any atom is 0.337 e. The Kier molecular flexibility index (Phi) is 18.6. The second-order valence-corrected chi connectivity index (χ2v) is 7.80. The fourth-order valence-electron chi connectivity index (χ4n) is 3.17. The third-order valence-electron chi connectivity index (χ3n) is 5.10. The van der Waals surface area contributed by atoms with Gasteiger partial charge in [0.05, 0.1) is 12.2 Å². The van der Waals surface area contributed by atoms with Gasteiger partial charge in [0.1, 0.15) is 5.76 Å². The van der Waals surface area contributed by atoms with Crippen LogP contribution in [0.3, 0.4) is 0 Å². The number of unbranched alkanes of at least 4 members (excludes halogenated alkanes) is 12. The molecule has 0 N–H and O–H groups in total. The van der Waals surface area contributed by atoms with E-state index in [-0.39, 0.29) is 5.97 Å². The van der Waals surface area contributed by atoms with E-state index in [2.05, 4.69) is 20.4 Å². The van der Waals surface area contributed by atoms with E-state index in [4.69, 9.17) is 9.47 Å². The molecule has 0 radical (unpaired) electrons. The largest absolute Gasteiger partial charge is 0.462 e. The lowest BCUT2D eigenvalue weighted by Gasteiger charge is -2.12. The van der Waals surface area contributed by atoms with Crippen molar-refractivity contribution in [2.75, 3.05) is 6.61 Å². The first-order chi connectivity index (χ1) is 14.1. The molecule has 0 rings (SSSR count). The third-order valence-corrected chi connectivity index (χ3v) is 5.10. The van der Waals surface area contributed by atoms with Gasteiger partial charge in [-0.15, -0.1) is 0 Å². The Morgan fingerprint density at radius 3 is 1.76 bits per heavy atom. The first kappa shape index (κ1) is 27.4. The van der Waals surface area contributed by atoms with Crippen LogP contribution in [-0.4, -0.2) is 18.5 Å². The van der Waals surface area contributed by atoms with Crippen molar-refractivity contribution in [3.05, 3.63) is 24.0 Å². The third kappa shape index (κ3) is 16.0. The summed E-state index contributed by atoms with van der Waals surface area (Å²) in [5.41, 5.74) is 0.397. The van der Waals surface area contributed by atoms with E-state index in [0.717, 1.165) is 31.8 Å². The van der Waals surface area contributed by atoms with Crippen LogP contribution in [0.25, 0.3) is 0 Å². The van der Waals surface area contributed by atoms with Crippen molar-refractivity contribution in [3.8, 4) is 0 Å². The highest BCUT2D eigenvalue weighted by Gasteiger charge is 2.15. The van der Waals surface area contributed by atoms with E-state index in [0.29, 0.717) is 24.4 Å². The second-order valence-electron chi connectivity index (χ2n) is 7.80. The molecule has 4 nitrogen and oxygen atoms in total. The minimum atomic E-state index is -0.525. The molecule has 0 bridgehead atoms. The molecule has 0 aliphatic rings. The molecule has 0 spiro atoms. The van der Waals surface area contributed by atoms with Gasteiger partial charge in [0.25, 0.3) is 0 Å². The molecule has 0 aliphatic heterocycles. The molecule has 0 aliphatic carbocycles. The summed E-state index contributed by atoms with van der Waals surface area (Å²) < 4.78 is 10.7. The number of carbonyl (C=O) groups excluding carboxylic acids is 2. The summed E-state index contributed by atoms with van der Waals surface area (Å²) >= 11 is 0. The highest BCUT2D eigenvalue weighted by atomic mass is 16.5. The lowest BCUT2D eigenvalue weighted by atomic mass is 10.1. The Hall–Kier alpha value is -1.58. The highest BCUT2D eigenvalue weighted by molar-refractivity contribution is 5.89. The first-order valence-corrected chi connectivity index (χ1v) is 11.8. The van der Waals surface area contributed by atoms with Gasteiger partial charge >= 0.3 is 11.9 Å². The van der Waals surface area contributed by atoms with E-state index in [9.17, 15) is 9.59 Å². The van der Waals surface area contributed by atoms with Crippen LogP contribution in [0.4, 0.5) is 0 Å². The van der Waals surface area contributed by atoms with Gasteiger partial charge in [-0.05, 0) is 19.8 Å². The summed E-state index contributed by atoms with van der Waals surface area (Å²) in [6.45, 7) is 9.96. The van der Waals surface area contributed by atoms with Gasteiger partial charge in [-0.2, -0.15) is 0 Å². The summed E-state index contributed by atoms with van der Waals surface area (Å²) in [7, 11) is 0. The maximum absolute atomic E-state index is 12.3. The van der Waals surface area contributed by atoms with E-state index in [1.165, 1.54) is 64.2 Å². The van der Waals surface area contributed by atoms with Crippen molar-refractivity contribution in [1.82, 2.24) is 0 Å². The zero-order valence-corrected chi connectivity index (χ0v) is 19.2. The van der Waals surface area contributed by atoms with Crippen LogP contribution in [0.5, 0.6) is 0 Å². The van der Waals surface area contributed by atoms with Crippen molar-refractivity contribution < 1.29 is 19.1 Å². The van der Waals surface area contributed by atoms with Gasteiger partial charge in [-0.1, -0.05) is 97.5 Å². The number of hydrogen-bond donors (Lipinski definition) is 0. The Morgan fingerprint density at radius 1 is 0.759 bits per heavy atom. The van der Waals surface area contributed by atoms with Crippen LogP contribution in [-0.2, 0) is 19.1 Å². The predicted octanol–water partition coefficient (Wildman–Crippen LogP) is 7.42. The molecule has 4 heteroatoms. The van der Waals surface area contributed by atoms with Gasteiger partial charge in [-0.25, -0.2) is 9.59 Å². The summed E-state index contributed by atoms with van der Waals surface area (Å²) in [6.07, 6.45) is 18.1. The number of rotatable bonds is 19. The molecule has 0 saturated heterocycles. The topological polar surface area (TPSA) is 52.6 Å². The standard InChI is InChI=1S/C25H44O4/c1-5-8-10-12-14-15-16-18-20-23(29-24(26)7-3)22(4)25(27)28-21-19-17-13-11-9-6-2/h7H,3,5-6,8-21H2,1-2,4H3. The number of esters is 2. The van der Waals surface area contributed by atoms with E-state index in [1.807, 2.05) is 0 Å². The van der Waals surface area contributed by atoms with Crippen molar-refractivity contribution in [2.45, 2.75) is 117 Å². The van der Waals surface area contributed by atoms with Crippen LogP contribution in [0.1, 0.15) is 117 Å². The fourth-order valence-corrected chi connectivity index (χ4v) is 3.17. The SMILES string of the molecule is C=CC(=O)OC(CCCCCCCCCC)=C(C)C(=O)OCCCCCCCC. The quantitative estimate of drug-likeness (QED) is 0.0965. The van der Waals surface area contributed by atoms with Crippen molar-refractivity contribution in [2.24, 2.45) is 0 Å². The van der Waals surface area contributed by atoms with Gasteiger partial charge in [0.15, 0.2) is 0 Å². The molecule has 0 aromatic carbocycles. The van der Waals surface area contributed by atoms with Crippen molar-refractivity contribution in [1.29, 1.82) is 0 Å². The van der Waals surface area contributed by atoms with Crippen LogP contribution in [0.15, 0.2) is 24.0 Å². The first-order valence-electron chi connectivity index (χ1n) is 11.8. The molecule has 0 aromatic rings. The summed E-state index contributed by atoms with van der Waals surface area (Å²) in [6, 6.07) is 0. The molecule has 0 heterocycles. The summed E-state index contributed by atoms with van der Waals surface area (Å²) in [5, 5.41) is 0. The Bertz CT molecular complexity index is 479. The molecular formula is C25H44O4. The Morgan fingerprint density at radius 2 is 1.24 bits per heavy atom. The number of allylic oxidation sites excluding steroid dienone is 1. The average Bonchev–Trinajstić information content (AvgIpc) is 2.73. The zero-order valence-electron chi connectivity index (χ0n) is 19.2. The average molecular weight is 409 g/mol. The van der Waals surface area contributed by atoms with E-state index in [1.54, 1.807) is 6.92 Å². The van der Waals surface area contributed by atoms with Gasteiger partial charge < -0.3 is 9.47 Å². The smallest absolute Gasteiger partial charge is 0.337 e. The molecule has 0 amide bonds. The lowest BCUT2D eigenvalue weighted by Crippen LogP contribution is -2.12. The maximum atomic E-state index is 12.3. The summed E-state index contributed by atoms with van der Waals surface area (Å²) in [4.78, 5) is 24.0. The van der Waals surface area contributed by atoms with E-state index >= 15 is 0 Å². The lowest BCUT2D eigenvalue weighted by molar-refractivity contribution is -0.139. The van der Waals surface area contributed by atoms with Gasteiger partial charge in [0.2, 0.25) is 0 Å². The normalized spacial score (nSPS) is 11.7. The molecule has 0 fully saturated rings. The van der Waals surface area contributed by atoms with Crippen molar-refractivity contribution in [3.63, 3.8) is 0 Å². The molecule has 29 heavy (non-hydrogen) atoms. The van der Waals surface area contributed by atoms with Gasteiger partial charge in [0, 0.05) is 12.5 Å². The molecule has 0 atom stereocenters. The van der Waals surface area contributed by atoms with Crippen LogP contribution < -0.4 is 0 Å². The molecule has 0 unspecified atom stereocenters. The minimum absolute atomic E-state index is 0.384. The predicted molar refractivity (Wildman–Crippen MR) is 121 cm³/mol. The van der Waals surface area contributed by atoms with Crippen LogP contribution in [0.2, 0.25) is 0 Å². The number of ether oxygens (including phenoxy) is 2.